The molecule has 0 aliphatic rings. The minimum absolute atomic E-state index is 0.290. The van der Waals surface area contributed by atoms with Crippen LogP contribution in [0.5, 0.6) is 0 Å². The van der Waals surface area contributed by atoms with Gasteiger partial charge in [-0.25, -0.2) is 0 Å². The lowest BCUT2D eigenvalue weighted by molar-refractivity contribution is -0.146. The Kier molecular flexibility index (Phi) is 3.43. The Morgan fingerprint density at radius 2 is 2.33 bits per heavy atom. The van der Waals surface area contributed by atoms with Gasteiger partial charge in [-0.3, -0.25) is 14.7 Å². The highest BCUT2D eigenvalue weighted by atomic mass is 16.4. The van der Waals surface area contributed by atoms with Gasteiger partial charge in [0.2, 0.25) is 5.91 Å². The van der Waals surface area contributed by atoms with Crippen molar-refractivity contribution in [3.05, 3.63) is 17.5 Å². The first-order valence-electron chi connectivity index (χ1n) is 4.51. The van der Waals surface area contributed by atoms with Crippen LogP contribution in [0, 0.1) is 12.8 Å². The van der Waals surface area contributed by atoms with Crippen LogP contribution in [0.15, 0.2) is 6.20 Å². The van der Waals surface area contributed by atoms with Gasteiger partial charge in [-0.15, -0.1) is 0 Å². The second kappa shape index (κ2) is 4.59. The summed E-state index contributed by atoms with van der Waals surface area (Å²) in [5, 5.41) is 17.6. The number of carboxylic acid groups (broad SMARTS) is 1. The summed E-state index contributed by atoms with van der Waals surface area (Å²) < 4.78 is 0. The summed E-state index contributed by atoms with van der Waals surface area (Å²) in [7, 11) is 0. The van der Waals surface area contributed by atoms with Crippen molar-refractivity contribution in [2.45, 2.75) is 20.4 Å². The molecule has 6 heteroatoms. The van der Waals surface area contributed by atoms with Gasteiger partial charge in [0.25, 0.3) is 0 Å². The Morgan fingerprint density at radius 3 is 2.80 bits per heavy atom. The van der Waals surface area contributed by atoms with E-state index >= 15 is 0 Å². The molecule has 15 heavy (non-hydrogen) atoms. The molecule has 0 fully saturated rings. The molecule has 1 aromatic heterocycles. The first-order chi connectivity index (χ1) is 7.02. The van der Waals surface area contributed by atoms with E-state index in [1.165, 1.54) is 6.92 Å². The van der Waals surface area contributed by atoms with Crippen LogP contribution in [0.25, 0.3) is 0 Å². The van der Waals surface area contributed by atoms with Crippen LogP contribution >= 0.6 is 0 Å². The van der Waals surface area contributed by atoms with Gasteiger partial charge in [-0.05, 0) is 13.8 Å². The molecule has 0 saturated carbocycles. The summed E-state index contributed by atoms with van der Waals surface area (Å²) in [4.78, 5) is 21.8. The standard InChI is InChI=1S/C9H13N3O3/c1-5(9(14)15)8(13)10-3-7-4-11-12-6(7)2/h4-5H,3H2,1-2H3,(H,10,13)(H,11,12)(H,14,15). The zero-order chi connectivity index (χ0) is 11.4. The zero-order valence-electron chi connectivity index (χ0n) is 8.57. The number of hydrogen-bond donors (Lipinski definition) is 3. The van der Waals surface area contributed by atoms with Crippen LogP contribution in [0.1, 0.15) is 18.2 Å². The number of aliphatic carboxylic acids is 1. The smallest absolute Gasteiger partial charge is 0.315 e. The van der Waals surface area contributed by atoms with E-state index in [-0.39, 0.29) is 0 Å². The summed E-state index contributed by atoms with van der Waals surface area (Å²) in [5.41, 5.74) is 1.71. The molecule has 6 nitrogen and oxygen atoms in total. The number of carboxylic acids is 1. The highest BCUT2D eigenvalue weighted by molar-refractivity contribution is 5.96. The van der Waals surface area contributed by atoms with E-state index in [4.69, 9.17) is 5.11 Å². The van der Waals surface area contributed by atoms with Crippen molar-refractivity contribution in [2.75, 3.05) is 0 Å². The first-order valence-corrected chi connectivity index (χ1v) is 4.51. The van der Waals surface area contributed by atoms with Gasteiger partial charge in [0.15, 0.2) is 0 Å². The van der Waals surface area contributed by atoms with Gasteiger partial charge in [0.05, 0.1) is 6.20 Å². The highest BCUT2D eigenvalue weighted by Gasteiger charge is 2.19. The Bertz CT molecular complexity index is 372. The summed E-state index contributed by atoms with van der Waals surface area (Å²) in [5.74, 6) is -2.66. The number of nitrogens with zero attached hydrogens (tertiary/aromatic N) is 1. The zero-order valence-corrected chi connectivity index (χ0v) is 8.57. The summed E-state index contributed by atoms with van der Waals surface area (Å²) in [6.07, 6.45) is 1.60. The van der Waals surface area contributed by atoms with Crippen molar-refractivity contribution >= 4 is 11.9 Å². The maximum Gasteiger partial charge on any atom is 0.315 e. The predicted molar refractivity (Wildman–Crippen MR) is 52.0 cm³/mol. The van der Waals surface area contributed by atoms with Gasteiger partial charge in [-0.1, -0.05) is 0 Å². The Morgan fingerprint density at radius 1 is 1.67 bits per heavy atom. The van der Waals surface area contributed by atoms with Crippen LogP contribution < -0.4 is 5.32 Å². The predicted octanol–water partition coefficient (Wildman–Crippen LogP) is 0.0550. The normalized spacial score (nSPS) is 12.1. The van der Waals surface area contributed by atoms with Crippen molar-refractivity contribution in [1.29, 1.82) is 0 Å². The summed E-state index contributed by atoms with van der Waals surface area (Å²) in [6, 6.07) is 0. The Balaban J connectivity index is 2.48. The van der Waals surface area contributed by atoms with Gasteiger partial charge >= 0.3 is 5.97 Å². The number of carbonyl (C=O) groups is 2. The molecule has 1 atom stereocenters. The molecule has 0 saturated heterocycles. The van der Waals surface area contributed by atoms with E-state index in [1.54, 1.807) is 6.20 Å². The molecule has 0 aliphatic heterocycles. The molecule has 82 valence electrons. The second-order valence-electron chi connectivity index (χ2n) is 3.30. The highest BCUT2D eigenvalue weighted by Crippen LogP contribution is 2.02. The van der Waals surface area contributed by atoms with Gasteiger partial charge in [-0.2, -0.15) is 5.10 Å². The summed E-state index contributed by atoms with van der Waals surface area (Å²) in [6.45, 7) is 3.47. The maximum atomic E-state index is 11.3. The first kappa shape index (κ1) is 11.2. The Labute approximate surface area is 86.7 Å². The van der Waals surface area contributed by atoms with Crippen molar-refractivity contribution in [3.63, 3.8) is 0 Å². The molecule has 0 aromatic carbocycles. The fourth-order valence-electron chi connectivity index (χ4n) is 1.00. The molecule has 0 aliphatic carbocycles. The van der Waals surface area contributed by atoms with Crippen molar-refractivity contribution in [3.8, 4) is 0 Å². The number of aromatic nitrogens is 2. The molecule has 1 rings (SSSR count). The molecule has 1 heterocycles. The van der Waals surface area contributed by atoms with Crippen LogP contribution in [0.2, 0.25) is 0 Å². The van der Waals surface area contributed by atoms with Crippen LogP contribution in [-0.2, 0) is 16.1 Å². The lowest BCUT2D eigenvalue weighted by atomic mass is 10.1. The fraction of sp³-hybridized carbons (Fsp3) is 0.444. The van der Waals surface area contributed by atoms with Crippen molar-refractivity contribution < 1.29 is 14.7 Å². The molecule has 1 unspecified atom stereocenters. The molecule has 0 bridgehead atoms. The van der Waals surface area contributed by atoms with E-state index in [1.807, 2.05) is 6.92 Å². The monoisotopic (exact) mass is 211 g/mol. The molecule has 1 amide bonds. The number of amides is 1. The molecule has 0 spiro atoms. The third-order valence-corrected chi connectivity index (χ3v) is 2.15. The average molecular weight is 211 g/mol. The van der Waals surface area contributed by atoms with Gasteiger partial charge in [0.1, 0.15) is 5.92 Å². The van der Waals surface area contributed by atoms with E-state index < -0.39 is 17.8 Å². The minimum Gasteiger partial charge on any atom is -0.481 e. The van der Waals surface area contributed by atoms with Crippen molar-refractivity contribution in [1.82, 2.24) is 15.5 Å². The third kappa shape index (κ3) is 2.80. The molecular formula is C9H13N3O3. The quantitative estimate of drug-likeness (QED) is 0.613. The molecular weight excluding hydrogens is 198 g/mol. The molecule has 1 aromatic rings. The van der Waals surface area contributed by atoms with Crippen LogP contribution in [0.4, 0.5) is 0 Å². The number of H-pyrrole nitrogens is 1. The number of carbonyl (C=O) groups excluding carboxylic acids is 1. The number of nitrogens with one attached hydrogen (secondary N) is 2. The second-order valence-corrected chi connectivity index (χ2v) is 3.30. The van der Waals surface area contributed by atoms with Gasteiger partial charge < -0.3 is 10.4 Å². The van der Waals surface area contributed by atoms with Crippen LogP contribution in [0.3, 0.4) is 0 Å². The maximum absolute atomic E-state index is 11.3. The van der Waals surface area contributed by atoms with E-state index in [0.29, 0.717) is 6.54 Å². The minimum atomic E-state index is -1.13. The molecule has 0 radical (unpaired) electrons. The lowest BCUT2D eigenvalue weighted by Gasteiger charge is -2.07. The number of hydrogen-bond acceptors (Lipinski definition) is 3. The van der Waals surface area contributed by atoms with Crippen LogP contribution in [-0.4, -0.2) is 27.2 Å². The van der Waals surface area contributed by atoms with E-state index in [9.17, 15) is 9.59 Å². The van der Waals surface area contributed by atoms with E-state index in [0.717, 1.165) is 11.3 Å². The van der Waals surface area contributed by atoms with E-state index in [2.05, 4.69) is 15.5 Å². The van der Waals surface area contributed by atoms with Gasteiger partial charge in [0, 0.05) is 17.8 Å². The average Bonchev–Trinajstić information content (AvgIpc) is 2.59. The Hall–Kier alpha value is -1.85. The SMILES string of the molecule is Cc1[nH]ncc1CNC(=O)C(C)C(=O)O. The summed E-state index contributed by atoms with van der Waals surface area (Å²) >= 11 is 0. The fourth-order valence-corrected chi connectivity index (χ4v) is 1.00. The van der Waals surface area contributed by atoms with Crippen molar-refractivity contribution in [2.24, 2.45) is 5.92 Å². The topological polar surface area (TPSA) is 95.1 Å². The largest absolute Gasteiger partial charge is 0.481 e. The number of aryl methyl sites for hydroxylation is 1. The third-order valence-electron chi connectivity index (χ3n) is 2.15. The number of rotatable bonds is 4. The lowest BCUT2D eigenvalue weighted by Crippen LogP contribution is -2.33. The molecule has 3 N–H and O–H groups in total. The number of aromatic amines is 1.